The number of imidazole rings is 1. The van der Waals surface area contributed by atoms with Gasteiger partial charge in [0.15, 0.2) is 17.2 Å². The van der Waals surface area contributed by atoms with Crippen LogP contribution in [0.4, 0.5) is 5.82 Å². The Morgan fingerprint density at radius 1 is 1.17 bits per heavy atom. The lowest BCUT2D eigenvalue weighted by Crippen LogP contribution is -2.10. The zero-order valence-corrected chi connectivity index (χ0v) is 10.6. The molecule has 3 aromatic rings. The summed E-state index contributed by atoms with van der Waals surface area (Å²) >= 11 is 0. The number of nitrogens with one attached hydrogen (secondary N) is 1. The van der Waals surface area contributed by atoms with E-state index in [1.165, 1.54) is 0 Å². The van der Waals surface area contributed by atoms with Crippen LogP contribution in [0.5, 0.6) is 0 Å². The van der Waals surface area contributed by atoms with E-state index in [4.69, 9.17) is 4.42 Å². The first-order chi connectivity index (χ1) is 8.65. The summed E-state index contributed by atoms with van der Waals surface area (Å²) in [5.74, 6) is 2.37. The highest BCUT2D eigenvalue weighted by atomic mass is 16.3. The Kier molecular flexibility index (Phi) is 2.33. The first kappa shape index (κ1) is 10.8. The number of hydrogen-bond acceptors (Lipinski definition) is 4. The molecule has 3 rings (SSSR count). The number of aromatic nitrogens is 3. The molecule has 0 bridgehead atoms. The van der Waals surface area contributed by atoms with Crippen molar-refractivity contribution in [2.45, 2.75) is 6.92 Å². The lowest BCUT2D eigenvalue weighted by Gasteiger charge is -2.09. The van der Waals surface area contributed by atoms with Crippen LogP contribution in [0, 0.1) is 6.92 Å². The number of nitrogens with zero attached hydrogens (tertiary/aromatic N) is 3. The van der Waals surface area contributed by atoms with Crippen molar-refractivity contribution in [2.75, 3.05) is 19.0 Å². The number of furan rings is 1. The molecule has 1 N–H and O–H groups in total. The minimum Gasteiger partial charge on any atom is -0.461 e. The number of aryl methyl sites for hydroxylation is 1. The molecule has 0 aliphatic rings. The zero-order chi connectivity index (χ0) is 12.7. The molecule has 0 amide bonds. The van der Waals surface area contributed by atoms with Crippen LogP contribution in [0.1, 0.15) is 5.56 Å². The topological polar surface area (TPSA) is 58.0 Å². The van der Waals surface area contributed by atoms with Gasteiger partial charge in [0.25, 0.3) is 0 Å². The summed E-state index contributed by atoms with van der Waals surface area (Å²) in [6, 6.07) is 5.85. The predicted molar refractivity (Wildman–Crippen MR) is 70.7 cm³/mol. The highest BCUT2D eigenvalue weighted by molar-refractivity contribution is 5.77. The molecule has 0 aliphatic heterocycles. The molecule has 92 valence electrons. The molecule has 0 atom stereocenters. The largest absolute Gasteiger partial charge is 0.461 e. The molecule has 0 saturated carbocycles. The summed E-state index contributed by atoms with van der Waals surface area (Å²) in [7, 11) is 3.91. The van der Waals surface area contributed by atoms with E-state index in [9.17, 15) is 0 Å². The predicted octanol–water partition coefficient (Wildman–Crippen LogP) is 2.59. The van der Waals surface area contributed by atoms with Crippen LogP contribution >= 0.6 is 0 Å². The van der Waals surface area contributed by atoms with Crippen molar-refractivity contribution in [3.63, 3.8) is 0 Å². The van der Waals surface area contributed by atoms with Crippen LogP contribution in [0.2, 0.25) is 0 Å². The molecule has 0 radical (unpaired) electrons. The van der Waals surface area contributed by atoms with Crippen LogP contribution in [-0.4, -0.2) is 29.0 Å². The lowest BCUT2D eigenvalue weighted by molar-refractivity contribution is 0.577. The Morgan fingerprint density at radius 2 is 2.00 bits per heavy atom. The normalized spacial score (nSPS) is 11.1. The van der Waals surface area contributed by atoms with Gasteiger partial charge in [-0.1, -0.05) is 0 Å². The average molecular weight is 242 g/mol. The maximum atomic E-state index is 5.43. The molecule has 0 unspecified atom stereocenters. The Balaban J connectivity index is 2.14. The van der Waals surface area contributed by atoms with Crippen LogP contribution in [0.15, 0.2) is 28.9 Å². The van der Waals surface area contributed by atoms with E-state index in [1.807, 2.05) is 44.1 Å². The Morgan fingerprint density at radius 3 is 2.67 bits per heavy atom. The van der Waals surface area contributed by atoms with Crippen molar-refractivity contribution in [1.29, 1.82) is 0 Å². The zero-order valence-electron chi connectivity index (χ0n) is 10.6. The van der Waals surface area contributed by atoms with Gasteiger partial charge < -0.3 is 14.3 Å². The summed E-state index contributed by atoms with van der Waals surface area (Å²) in [5, 5.41) is 0. The second-order valence-electron chi connectivity index (χ2n) is 4.45. The third kappa shape index (κ3) is 1.64. The van der Waals surface area contributed by atoms with Crippen molar-refractivity contribution >= 4 is 17.0 Å². The SMILES string of the molecule is Cc1ccoc1-c1nc2nc(N(C)C)ccc2[nH]1. The van der Waals surface area contributed by atoms with E-state index >= 15 is 0 Å². The molecular weight excluding hydrogens is 228 g/mol. The van der Waals surface area contributed by atoms with Gasteiger partial charge >= 0.3 is 0 Å². The van der Waals surface area contributed by atoms with E-state index < -0.39 is 0 Å². The number of hydrogen-bond donors (Lipinski definition) is 1. The van der Waals surface area contributed by atoms with Gasteiger partial charge in [-0.15, -0.1) is 0 Å². The number of aromatic amines is 1. The number of H-pyrrole nitrogens is 1. The van der Waals surface area contributed by atoms with E-state index in [2.05, 4.69) is 15.0 Å². The van der Waals surface area contributed by atoms with E-state index in [0.29, 0.717) is 5.65 Å². The molecule has 18 heavy (non-hydrogen) atoms. The Bertz CT molecular complexity index is 696. The molecule has 5 heteroatoms. The van der Waals surface area contributed by atoms with E-state index in [1.54, 1.807) is 6.26 Å². The smallest absolute Gasteiger partial charge is 0.180 e. The first-order valence-corrected chi connectivity index (χ1v) is 5.73. The summed E-state index contributed by atoms with van der Waals surface area (Å²) in [5.41, 5.74) is 2.67. The van der Waals surface area contributed by atoms with Crippen molar-refractivity contribution in [2.24, 2.45) is 0 Å². The summed E-state index contributed by atoms with van der Waals surface area (Å²) < 4.78 is 5.43. The van der Waals surface area contributed by atoms with Crippen LogP contribution < -0.4 is 4.90 Å². The van der Waals surface area contributed by atoms with Gasteiger partial charge in [0, 0.05) is 14.1 Å². The van der Waals surface area contributed by atoms with E-state index in [0.717, 1.165) is 28.5 Å². The first-order valence-electron chi connectivity index (χ1n) is 5.73. The number of fused-ring (bicyclic) bond motifs is 1. The maximum Gasteiger partial charge on any atom is 0.180 e. The van der Waals surface area contributed by atoms with E-state index in [-0.39, 0.29) is 0 Å². The summed E-state index contributed by atoms with van der Waals surface area (Å²) in [6.07, 6.45) is 1.66. The number of anilines is 1. The monoisotopic (exact) mass is 242 g/mol. The average Bonchev–Trinajstić information content (AvgIpc) is 2.92. The minimum atomic E-state index is 0.701. The second kappa shape index (κ2) is 3.87. The lowest BCUT2D eigenvalue weighted by atomic mass is 10.3. The number of pyridine rings is 1. The molecule has 0 aliphatic carbocycles. The van der Waals surface area contributed by atoms with Gasteiger partial charge in [-0.2, -0.15) is 0 Å². The van der Waals surface area contributed by atoms with Crippen molar-refractivity contribution in [1.82, 2.24) is 15.0 Å². The molecule has 0 saturated heterocycles. The van der Waals surface area contributed by atoms with Crippen molar-refractivity contribution < 1.29 is 4.42 Å². The molecule has 3 aromatic heterocycles. The number of rotatable bonds is 2. The van der Waals surface area contributed by atoms with Crippen molar-refractivity contribution in [3.8, 4) is 11.6 Å². The van der Waals surface area contributed by atoms with Gasteiger partial charge in [0.2, 0.25) is 0 Å². The van der Waals surface area contributed by atoms with Crippen molar-refractivity contribution in [3.05, 3.63) is 30.0 Å². The maximum absolute atomic E-state index is 5.43. The van der Waals surface area contributed by atoms with Gasteiger partial charge in [-0.3, -0.25) is 0 Å². The third-order valence-electron chi connectivity index (χ3n) is 2.87. The third-order valence-corrected chi connectivity index (χ3v) is 2.87. The molecule has 3 heterocycles. The quantitative estimate of drug-likeness (QED) is 0.750. The van der Waals surface area contributed by atoms with Gasteiger partial charge in [0.05, 0.1) is 11.8 Å². The van der Waals surface area contributed by atoms with Crippen LogP contribution in [-0.2, 0) is 0 Å². The Hall–Kier alpha value is -2.30. The summed E-state index contributed by atoms with van der Waals surface area (Å²) in [4.78, 5) is 14.1. The van der Waals surface area contributed by atoms with Crippen LogP contribution in [0.3, 0.4) is 0 Å². The highest BCUT2D eigenvalue weighted by Gasteiger charge is 2.12. The standard InChI is InChI=1S/C13H14N4O/c1-8-6-7-18-11(8)13-14-9-4-5-10(17(2)3)15-12(9)16-13/h4-7H,1-3H3,(H,14,15,16). The molecule has 0 fully saturated rings. The molecule has 5 nitrogen and oxygen atoms in total. The molecule has 0 spiro atoms. The Labute approximate surface area is 104 Å². The second-order valence-corrected chi connectivity index (χ2v) is 4.45. The van der Waals surface area contributed by atoms with Gasteiger partial charge in [-0.05, 0) is 30.7 Å². The fourth-order valence-corrected chi connectivity index (χ4v) is 1.85. The van der Waals surface area contributed by atoms with Gasteiger partial charge in [-0.25, -0.2) is 9.97 Å². The summed E-state index contributed by atoms with van der Waals surface area (Å²) in [6.45, 7) is 1.99. The van der Waals surface area contributed by atoms with Gasteiger partial charge in [0.1, 0.15) is 5.82 Å². The minimum absolute atomic E-state index is 0.701. The molecular formula is C13H14N4O. The molecule has 0 aromatic carbocycles. The highest BCUT2D eigenvalue weighted by Crippen LogP contribution is 2.24. The fourth-order valence-electron chi connectivity index (χ4n) is 1.85. The fraction of sp³-hybridized carbons (Fsp3) is 0.231. The van der Waals surface area contributed by atoms with Crippen LogP contribution in [0.25, 0.3) is 22.7 Å².